The van der Waals surface area contributed by atoms with Gasteiger partial charge in [0.25, 0.3) is 0 Å². The first kappa shape index (κ1) is 9.59. The number of phenolic OH excluding ortho intramolecular Hbond substituents is 2. The molecule has 0 spiro atoms. The summed E-state index contributed by atoms with van der Waals surface area (Å²) >= 11 is 0. The van der Waals surface area contributed by atoms with Gasteiger partial charge in [0.15, 0.2) is 0 Å². The first-order valence-corrected chi connectivity index (χ1v) is 4.76. The Bertz CT molecular complexity index is 452. The molecule has 0 aromatic heterocycles. The molecule has 0 amide bonds. The van der Waals surface area contributed by atoms with Gasteiger partial charge in [-0.3, -0.25) is 0 Å². The predicted octanol–water partition coefficient (Wildman–Crippen LogP) is 3.07. The van der Waals surface area contributed by atoms with Gasteiger partial charge in [-0.25, -0.2) is 0 Å². The molecule has 0 aliphatic rings. The van der Waals surface area contributed by atoms with E-state index in [1.54, 1.807) is 18.2 Å². The number of rotatable bonds is 1. The van der Waals surface area contributed by atoms with E-state index >= 15 is 0 Å². The molecule has 15 heavy (non-hydrogen) atoms. The molecule has 2 nitrogen and oxygen atoms in total. The van der Waals surface area contributed by atoms with Crippen molar-refractivity contribution in [1.29, 1.82) is 0 Å². The van der Waals surface area contributed by atoms with Crippen molar-refractivity contribution in [2.24, 2.45) is 0 Å². The molecule has 0 aliphatic carbocycles. The summed E-state index contributed by atoms with van der Waals surface area (Å²) in [6.07, 6.45) is 0. The molecule has 0 unspecified atom stereocenters. The maximum atomic E-state index is 9.65. The fourth-order valence-electron chi connectivity index (χ4n) is 1.54. The third kappa shape index (κ3) is 1.79. The zero-order valence-electron chi connectivity index (χ0n) is 8.44. The van der Waals surface area contributed by atoms with Gasteiger partial charge in [-0.2, -0.15) is 0 Å². The maximum absolute atomic E-state index is 9.65. The van der Waals surface area contributed by atoms with Crippen molar-refractivity contribution in [3.05, 3.63) is 48.0 Å². The van der Waals surface area contributed by atoms with E-state index in [0.29, 0.717) is 5.56 Å². The minimum Gasteiger partial charge on any atom is -0.507 e. The molecule has 76 valence electrons. The first-order chi connectivity index (χ1) is 7.18. The Kier molecular flexibility index (Phi) is 2.34. The number of phenols is 2. The first-order valence-electron chi connectivity index (χ1n) is 4.76. The Hall–Kier alpha value is -1.96. The summed E-state index contributed by atoms with van der Waals surface area (Å²) in [5.74, 6) is 0.192. The van der Waals surface area contributed by atoms with Gasteiger partial charge < -0.3 is 10.2 Å². The number of aryl methyl sites for hydroxylation is 1. The molecular formula is C13H12O2. The molecule has 2 aromatic rings. The monoisotopic (exact) mass is 200 g/mol. The molecule has 0 heterocycles. The third-order valence-corrected chi connectivity index (χ3v) is 2.36. The predicted molar refractivity (Wildman–Crippen MR) is 59.9 cm³/mol. The zero-order valence-corrected chi connectivity index (χ0v) is 8.44. The molecule has 0 bridgehead atoms. The summed E-state index contributed by atoms with van der Waals surface area (Å²) in [5.41, 5.74) is 2.45. The van der Waals surface area contributed by atoms with Crippen LogP contribution in [0, 0.1) is 6.92 Å². The zero-order chi connectivity index (χ0) is 10.8. The van der Waals surface area contributed by atoms with Crippen LogP contribution in [0.15, 0.2) is 42.5 Å². The summed E-state index contributed by atoms with van der Waals surface area (Å²) in [4.78, 5) is 0. The number of hydrogen-bond acceptors (Lipinski definition) is 2. The summed E-state index contributed by atoms with van der Waals surface area (Å²) in [6, 6.07) is 12.4. The molecule has 0 atom stereocenters. The Morgan fingerprint density at radius 3 is 1.87 bits per heavy atom. The fraction of sp³-hybridized carbons (Fsp3) is 0.0769. The molecule has 0 saturated heterocycles. The lowest BCUT2D eigenvalue weighted by molar-refractivity contribution is 0.454. The molecule has 2 N–H and O–H groups in total. The lowest BCUT2D eigenvalue weighted by Crippen LogP contribution is -1.81. The van der Waals surface area contributed by atoms with Crippen LogP contribution in [0.1, 0.15) is 5.56 Å². The van der Waals surface area contributed by atoms with Crippen LogP contribution in [0.25, 0.3) is 11.1 Å². The molecule has 0 aliphatic heterocycles. The lowest BCUT2D eigenvalue weighted by Gasteiger charge is -2.07. The van der Waals surface area contributed by atoms with Crippen LogP contribution >= 0.6 is 0 Å². The smallest absolute Gasteiger partial charge is 0.127 e. The second kappa shape index (κ2) is 3.65. The van der Waals surface area contributed by atoms with Gasteiger partial charge in [0.2, 0.25) is 0 Å². The highest BCUT2D eigenvalue weighted by molar-refractivity contribution is 5.76. The number of benzene rings is 2. The molecule has 0 saturated carbocycles. The van der Waals surface area contributed by atoms with Gasteiger partial charge >= 0.3 is 0 Å². The second-order valence-electron chi connectivity index (χ2n) is 3.54. The minimum atomic E-state index is 0.0962. The normalized spacial score (nSPS) is 10.2. The highest BCUT2D eigenvalue weighted by atomic mass is 16.3. The summed E-state index contributed by atoms with van der Waals surface area (Å²) in [7, 11) is 0. The van der Waals surface area contributed by atoms with E-state index in [0.717, 1.165) is 11.1 Å². The van der Waals surface area contributed by atoms with Crippen molar-refractivity contribution in [3.8, 4) is 22.6 Å². The van der Waals surface area contributed by atoms with E-state index in [-0.39, 0.29) is 11.5 Å². The fourth-order valence-corrected chi connectivity index (χ4v) is 1.54. The summed E-state index contributed by atoms with van der Waals surface area (Å²) in [5, 5.41) is 19.3. The van der Waals surface area contributed by atoms with E-state index < -0.39 is 0 Å². The van der Waals surface area contributed by atoms with Crippen LogP contribution < -0.4 is 0 Å². The van der Waals surface area contributed by atoms with E-state index in [9.17, 15) is 10.2 Å². The molecule has 2 heteroatoms. The van der Waals surface area contributed by atoms with Gasteiger partial charge in [-0.05, 0) is 24.6 Å². The van der Waals surface area contributed by atoms with Gasteiger partial charge in [0.1, 0.15) is 11.5 Å². The quantitative estimate of drug-likeness (QED) is 0.742. The molecule has 2 aromatic carbocycles. The van der Waals surface area contributed by atoms with Gasteiger partial charge in [0, 0.05) is 0 Å². The van der Waals surface area contributed by atoms with Crippen LogP contribution in [-0.4, -0.2) is 10.2 Å². The summed E-state index contributed by atoms with van der Waals surface area (Å²) < 4.78 is 0. The van der Waals surface area contributed by atoms with Gasteiger partial charge in [0.05, 0.1) is 5.56 Å². The van der Waals surface area contributed by atoms with Crippen molar-refractivity contribution in [1.82, 2.24) is 0 Å². The van der Waals surface area contributed by atoms with Crippen molar-refractivity contribution < 1.29 is 10.2 Å². The molecule has 0 fully saturated rings. The maximum Gasteiger partial charge on any atom is 0.127 e. The average molecular weight is 200 g/mol. The van der Waals surface area contributed by atoms with Crippen LogP contribution in [0.5, 0.6) is 11.5 Å². The van der Waals surface area contributed by atoms with E-state index in [1.165, 1.54) is 0 Å². The van der Waals surface area contributed by atoms with Crippen molar-refractivity contribution in [2.75, 3.05) is 0 Å². The van der Waals surface area contributed by atoms with Crippen LogP contribution in [0.3, 0.4) is 0 Å². The topological polar surface area (TPSA) is 40.5 Å². The molecule has 0 radical (unpaired) electrons. The van der Waals surface area contributed by atoms with Crippen LogP contribution in [0.4, 0.5) is 0 Å². The highest BCUT2D eigenvalue weighted by Gasteiger charge is 2.08. The molecular weight excluding hydrogens is 188 g/mol. The van der Waals surface area contributed by atoms with E-state index in [2.05, 4.69) is 0 Å². The minimum absolute atomic E-state index is 0.0962. The second-order valence-corrected chi connectivity index (χ2v) is 3.54. The van der Waals surface area contributed by atoms with E-state index in [1.807, 2.05) is 31.2 Å². The number of hydrogen-bond donors (Lipinski definition) is 2. The van der Waals surface area contributed by atoms with Gasteiger partial charge in [-0.15, -0.1) is 0 Å². The van der Waals surface area contributed by atoms with E-state index in [4.69, 9.17) is 0 Å². The van der Waals surface area contributed by atoms with Crippen LogP contribution in [0.2, 0.25) is 0 Å². The van der Waals surface area contributed by atoms with Gasteiger partial charge in [-0.1, -0.05) is 35.9 Å². The van der Waals surface area contributed by atoms with Crippen molar-refractivity contribution in [3.63, 3.8) is 0 Å². The Labute approximate surface area is 88.4 Å². The van der Waals surface area contributed by atoms with Crippen molar-refractivity contribution >= 4 is 0 Å². The SMILES string of the molecule is Cc1ccc(-c2c(O)cccc2O)cc1. The highest BCUT2D eigenvalue weighted by Crippen LogP contribution is 2.36. The third-order valence-electron chi connectivity index (χ3n) is 2.36. The van der Waals surface area contributed by atoms with Crippen LogP contribution in [-0.2, 0) is 0 Å². The molecule has 2 rings (SSSR count). The summed E-state index contributed by atoms with van der Waals surface area (Å²) in [6.45, 7) is 1.99. The van der Waals surface area contributed by atoms with Crippen molar-refractivity contribution in [2.45, 2.75) is 6.92 Å². The lowest BCUT2D eigenvalue weighted by atomic mass is 10.0. The number of aromatic hydroxyl groups is 2. The Morgan fingerprint density at radius 2 is 1.33 bits per heavy atom. The largest absolute Gasteiger partial charge is 0.507 e. The Morgan fingerprint density at radius 1 is 0.800 bits per heavy atom. The average Bonchev–Trinajstić information content (AvgIpc) is 2.20. The standard InChI is InChI=1S/C13H12O2/c1-9-5-7-10(8-6-9)13-11(14)3-2-4-12(13)15/h2-8,14-15H,1H3. The Balaban J connectivity index is 2.58.